The number of hydrogen-bond acceptors (Lipinski definition) is 4. The van der Waals surface area contributed by atoms with Gasteiger partial charge in [0, 0.05) is 25.6 Å². The number of carbonyl (C=O) groups excluding carboxylic acids is 1. The normalized spacial score (nSPS) is 27.0. The Labute approximate surface area is 142 Å². The Morgan fingerprint density at radius 2 is 2.04 bits per heavy atom. The van der Waals surface area contributed by atoms with Crippen LogP contribution in [0.2, 0.25) is 0 Å². The van der Waals surface area contributed by atoms with Gasteiger partial charge in [0.2, 0.25) is 0 Å². The monoisotopic (exact) mass is 325 g/mol. The molecule has 1 saturated carbocycles. The molecule has 24 heavy (non-hydrogen) atoms. The number of piperidine rings is 1. The molecule has 0 unspecified atom stereocenters. The van der Waals surface area contributed by atoms with E-state index in [-0.39, 0.29) is 17.4 Å². The largest absolute Gasteiger partial charge is 0.381 e. The van der Waals surface area contributed by atoms with E-state index < -0.39 is 0 Å². The third-order valence-electron chi connectivity index (χ3n) is 5.67. The Hall–Kier alpha value is -2.01. The lowest BCUT2D eigenvalue weighted by Gasteiger charge is -2.43. The summed E-state index contributed by atoms with van der Waals surface area (Å²) in [6.07, 6.45) is 7.51. The summed E-state index contributed by atoms with van der Waals surface area (Å²) in [6, 6.07) is 7.66. The zero-order valence-electron chi connectivity index (χ0n) is 14.1. The molecule has 5 nitrogen and oxygen atoms in total. The number of amides is 1. The van der Waals surface area contributed by atoms with Crippen molar-refractivity contribution in [2.75, 3.05) is 20.2 Å². The van der Waals surface area contributed by atoms with Gasteiger partial charge in [-0.2, -0.15) is 0 Å². The number of likely N-dealkylation sites (tertiary alicyclic amines) is 1. The third kappa shape index (κ3) is 2.57. The van der Waals surface area contributed by atoms with Gasteiger partial charge < -0.3 is 9.64 Å². The quantitative estimate of drug-likeness (QED) is 0.851. The first-order valence-electron chi connectivity index (χ1n) is 8.76. The van der Waals surface area contributed by atoms with Gasteiger partial charge in [0.25, 0.3) is 5.91 Å². The zero-order chi connectivity index (χ0) is 16.6. The highest BCUT2D eigenvalue weighted by Gasteiger charge is 2.46. The predicted octanol–water partition coefficient (Wildman–Crippen LogP) is 3.05. The van der Waals surface area contributed by atoms with Crippen LogP contribution in [-0.2, 0) is 4.74 Å². The molecule has 2 aliphatic rings. The molecule has 2 aromatic rings. The maximum Gasteiger partial charge on any atom is 0.274 e. The molecule has 1 aliphatic carbocycles. The number of rotatable bonds is 2. The van der Waals surface area contributed by atoms with Crippen molar-refractivity contribution >= 4 is 16.9 Å². The van der Waals surface area contributed by atoms with E-state index in [1.165, 1.54) is 6.42 Å². The van der Waals surface area contributed by atoms with Gasteiger partial charge in [-0.1, -0.05) is 18.6 Å². The van der Waals surface area contributed by atoms with Gasteiger partial charge in [0.1, 0.15) is 5.69 Å². The molecule has 2 heterocycles. The van der Waals surface area contributed by atoms with Crippen LogP contribution in [0, 0.1) is 5.41 Å². The van der Waals surface area contributed by atoms with Crippen LogP contribution in [0.25, 0.3) is 11.0 Å². The number of carbonyl (C=O) groups is 1. The molecule has 1 saturated heterocycles. The van der Waals surface area contributed by atoms with Crippen molar-refractivity contribution in [1.82, 2.24) is 14.9 Å². The van der Waals surface area contributed by atoms with Crippen LogP contribution in [0.5, 0.6) is 0 Å². The summed E-state index contributed by atoms with van der Waals surface area (Å²) in [5, 5.41) is 0. The Morgan fingerprint density at radius 1 is 1.25 bits per heavy atom. The molecule has 4 rings (SSSR count). The van der Waals surface area contributed by atoms with E-state index in [4.69, 9.17) is 4.74 Å². The molecule has 2 fully saturated rings. The maximum absolute atomic E-state index is 13.0. The lowest BCUT2D eigenvalue weighted by Crippen LogP contribution is -2.50. The molecule has 1 amide bonds. The fourth-order valence-corrected chi connectivity index (χ4v) is 4.50. The molecule has 0 N–H and O–H groups in total. The molecule has 2 atom stereocenters. The van der Waals surface area contributed by atoms with Crippen molar-refractivity contribution in [1.29, 1.82) is 0 Å². The van der Waals surface area contributed by atoms with Crippen molar-refractivity contribution in [2.45, 2.75) is 38.2 Å². The minimum Gasteiger partial charge on any atom is -0.381 e. The fraction of sp³-hybridized carbons (Fsp3) is 0.526. The maximum atomic E-state index is 13.0. The van der Waals surface area contributed by atoms with Crippen LogP contribution in [0.3, 0.4) is 0 Å². The summed E-state index contributed by atoms with van der Waals surface area (Å²) in [5.74, 6) is -0.00548. The SMILES string of the molecule is CO[C@@H]1CCC[C@]12CCCN(C(=O)c1cnc3ccccc3n1)C2. The van der Waals surface area contributed by atoms with Gasteiger partial charge in [-0.25, -0.2) is 4.98 Å². The van der Waals surface area contributed by atoms with Crippen LogP contribution >= 0.6 is 0 Å². The smallest absolute Gasteiger partial charge is 0.274 e. The third-order valence-corrected chi connectivity index (χ3v) is 5.67. The van der Waals surface area contributed by atoms with Crippen LogP contribution in [-0.4, -0.2) is 47.1 Å². The number of hydrogen-bond donors (Lipinski definition) is 0. The topological polar surface area (TPSA) is 55.3 Å². The van der Waals surface area contributed by atoms with Crippen molar-refractivity contribution in [3.63, 3.8) is 0 Å². The van der Waals surface area contributed by atoms with Crippen LogP contribution in [0.15, 0.2) is 30.5 Å². The Kier molecular flexibility index (Phi) is 3.96. The standard InChI is InChI=1S/C19H23N3O2/c1-24-17-8-4-9-19(17)10-5-11-22(13-19)18(23)16-12-20-14-6-2-3-7-15(14)21-16/h2-3,6-7,12,17H,4-5,8-11,13H2,1H3/t17-,19-/m1/s1. The summed E-state index contributed by atoms with van der Waals surface area (Å²) in [5.41, 5.74) is 2.16. The van der Waals surface area contributed by atoms with Gasteiger partial charge >= 0.3 is 0 Å². The first-order chi connectivity index (χ1) is 11.7. The Bertz CT molecular complexity index is 763. The first kappa shape index (κ1) is 15.5. The summed E-state index contributed by atoms with van der Waals surface area (Å²) in [4.78, 5) is 23.8. The second-order valence-electron chi connectivity index (χ2n) is 7.05. The number of aromatic nitrogens is 2. The van der Waals surface area contributed by atoms with Gasteiger partial charge in [-0.05, 0) is 37.8 Å². The van der Waals surface area contributed by atoms with E-state index in [9.17, 15) is 4.79 Å². The van der Waals surface area contributed by atoms with E-state index in [1.807, 2.05) is 29.2 Å². The molecule has 126 valence electrons. The van der Waals surface area contributed by atoms with Crippen molar-refractivity contribution < 1.29 is 9.53 Å². The molecule has 0 bridgehead atoms. The Morgan fingerprint density at radius 3 is 2.88 bits per heavy atom. The van der Waals surface area contributed by atoms with Gasteiger partial charge in [-0.15, -0.1) is 0 Å². The highest BCUT2D eigenvalue weighted by atomic mass is 16.5. The predicted molar refractivity (Wildman–Crippen MR) is 91.8 cm³/mol. The second kappa shape index (κ2) is 6.13. The lowest BCUT2D eigenvalue weighted by molar-refractivity contribution is -0.0296. The zero-order valence-corrected chi connectivity index (χ0v) is 14.1. The average Bonchev–Trinajstić information content (AvgIpc) is 3.02. The van der Waals surface area contributed by atoms with Gasteiger partial charge in [0.15, 0.2) is 0 Å². The molecule has 0 radical (unpaired) electrons. The van der Waals surface area contributed by atoms with E-state index >= 15 is 0 Å². The van der Waals surface area contributed by atoms with Crippen LogP contribution < -0.4 is 0 Å². The summed E-state index contributed by atoms with van der Waals surface area (Å²) >= 11 is 0. The number of methoxy groups -OCH3 is 1. The molecule has 1 aromatic heterocycles. The number of fused-ring (bicyclic) bond motifs is 1. The molecule has 1 spiro atoms. The number of para-hydroxylation sites is 2. The Balaban J connectivity index is 1.59. The van der Waals surface area contributed by atoms with E-state index in [0.717, 1.165) is 49.8 Å². The first-order valence-corrected chi connectivity index (χ1v) is 8.76. The highest BCUT2D eigenvalue weighted by molar-refractivity contribution is 5.93. The van der Waals surface area contributed by atoms with Gasteiger partial charge in [-0.3, -0.25) is 9.78 Å². The molecular formula is C19H23N3O2. The average molecular weight is 325 g/mol. The van der Waals surface area contributed by atoms with E-state index in [1.54, 1.807) is 13.3 Å². The summed E-state index contributed by atoms with van der Waals surface area (Å²) < 4.78 is 5.73. The molecule has 1 aliphatic heterocycles. The number of nitrogens with zero attached hydrogens (tertiary/aromatic N) is 3. The summed E-state index contributed by atoms with van der Waals surface area (Å²) in [6.45, 7) is 1.57. The van der Waals surface area contributed by atoms with Crippen LogP contribution in [0.4, 0.5) is 0 Å². The van der Waals surface area contributed by atoms with Crippen molar-refractivity contribution in [3.8, 4) is 0 Å². The minimum atomic E-state index is -0.00548. The van der Waals surface area contributed by atoms with E-state index in [2.05, 4.69) is 9.97 Å². The van der Waals surface area contributed by atoms with Gasteiger partial charge in [0.05, 0.1) is 23.3 Å². The second-order valence-corrected chi connectivity index (χ2v) is 7.05. The van der Waals surface area contributed by atoms with Crippen molar-refractivity contribution in [3.05, 3.63) is 36.2 Å². The van der Waals surface area contributed by atoms with Crippen molar-refractivity contribution in [2.24, 2.45) is 5.41 Å². The minimum absolute atomic E-state index is 0.00548. The number of benzene rings is 1. The number of ether oxygens (including phenoxy) is 1. The highest BCUT2D eigenvalue weighted by Crippen LogP contribution is 2.46. The lowest BCUT2D eigenvalue weighted by atomic mass is 9.76. The molecular weight excluding hydrogens is 302 g/mol. The molecule has 5 heteroatoms. The molecule has 1 aromatic carbocycles. The fourth-order valence-electron chi connectivity index (χ4n) is 4.50. The summed E-state index contributed by atoms with van der Waals surface area (Å²) in [7, 11) is 1.80. The van der Waals surface area contributed by atoms with E-state index in [0.29, 0.717) is 5.69 Å². The van der Waals surface area contributed by atoms with Crippen LogP contribution in [0.1, 0.15) is 42.6 Å².